The van der Waals surface area contributed by atoms with E-state index >= 15 is 0 Å². The van der Waals surface area contributed by atoms with Crippen molar-refractivity contribution in [2.24, 2.45) is 0 Å². The van der Waals surface area contributed by atoms with Crippen molar-refractivity contribution in [3.63, 3.8) is 0 Å². The number of carbonyl (C=O) groups excluding carboxylic acids is 1. The molecule has 1 amide bonds. The first-order valence-corrected chi connectivity index (χ1v) is 12.7. The van der Waals surface area contributed by atoms with E-state index in [1.807, 2.05) is 13.0 Å². The van der Waals surface area contributed by atoms with E-state index in [1.54, 1.807) is 42.5 Å². The van der Waals surface area contributed by atoms with E-state index in [9.17, 15) is 10.1 Å². The van der Waals surface area contributed by atoms with Gasteiger partial charge in [0.05, 0.1) is 20.2 Å². The molecule has 0 spiro atoms. The molecule has 0 unspecified atom stereocenters. The van der Waals surface area contributed by atoms with Gasteiger partial charge in [-0.2, -0.15) is 5.26 Å². The Hall–Kier alpha value is -2.15. The summed E-state index contributed by atoms with van der Waals surface area (Å²) in [5.41, 5.74) is 1.68. The first-order valence-electron chi connectivity index (χ1n) is 10.1. The Morgan fingerprint density at radius 1 is 1.03 bits per heavy atom. The van der Waals surface area contributed by atoms with Crippen molar-refractivity contribution in [1.82, 2.24) is 0 Å². The van der Waals surface area contributed by atoms with E-state index < -0.39 is 5.91 Å². The van der Waals surface area contributed by atoms with Gasteiger partial charge in [-0.3, -0.25) is 4.79 Å². The molecule has 0 bridgehead atoms. The number of benzene rings is 3. The van der Waals surface area contributed by atoms with Gasteiger partial charge in [-0.25, -0.2) is 0 Å². The number of nitrogens with zero attached hydrogens (tertiary/aromatic N) is 1. The molecule has 0 saturated carbocycles. The van der Waals surface area contributed by atoms with Crippen LogP contribution in [0.15, 0.2) is 54.1 Å². The molecule has 0 aliphatic rings. The van der Waals surface area contributed by atoms with Gasteiger partial charge in [0.25, 0.3) is 5.91 Å². The molecule has 3 rings (SSSR count). The zero-order valence-electron chi connectivity index (χ0n) is 18.2. The number of carbonyl (C=O) groups is 1. The van der Waals surface area contributed by atoms with Crippen molar-refractivity contribution in [2.45, 2.75) is 13.5 Å². The van der Waals surface area contributed by atoms with Crippen LogP contribution in [0.5, 0.6) is 11.5 Å². The van der Waals surface area contributed by atoms with E-state index in [0.29, 0.717) is 49.4 Å². The maximum absolute atomic E-state index is 12.7. The van der Waals surface area contributed by atoms with E-state index in [2.05, 4.69) is 27.9 Å². The lowest BCUT2D eigenvalue weighted by molar-refractivity contribution is -0.112. The van der Waals surface area contributed by atoms with Gasteiger partial charge < -0.3 is 14.8 Å². The van der Waals surface area contributed by atoms with Crippen molar-refractivity contribution in [1.29, 1.82) is 5.26 Å². The highest BCUT2D eigenvalue weighted by atomic mass is 127. The normalized spacial score (nSPS) is 11.1. The summed E-state index contributed by atoms with van der Waals surface area (Å²) in [6.07, 6.45) is 1.47. The van der Waals surface area contributed by atoms with Crippen LogP contribution in [0.25, 0.3) is 6.08 Å². The maximum atomic E-state index is 12.7. The Bertz CT molecular complexity index is 1340. The Morgan fingerprint density at radius 2 is 1.80 bits per heavy atom. The monoisotopic (exact) mass is 660 g/mol. The molecular weight excluding hydrogens is 645 g/mol. The molecule has 0 heterocycles. The van der Waals surface area contributed by atoms with Crippen LogP contribution in [0.3, 0.4) is 0 Å². The Morgan fingerprint density at radius 3 is 2.46 bits per heavy atom. The first kappa shape index (κ1) is 27.4. The number of nitriles is 1. The van der Waals surface area contributed by atoms with E-state index in [-0.39, 0.29) is 12.2 Å². The van der Waals surface area contributed by atoms with Crippen LogP contribution in [-0.2, 0) is 11.4 Å². The second-order valence-electron chi connectivity index (χ2n) is 7.04. The Labute approximate surface area is 236 Å². The van der Waals surface area contributed by atoms with Crippen LogP contribution < -0.4 is 14.8 Å². The largest absolute Gasteiger partial charge is 0.490 e. The summed E-state index contributed by atoms with van der Waals surface area (Å²) in [6, 6.07) is 15.3. The molecular formula is C25H17Cl4IN2O3. The third-order valence-corrected chi connectivity index (χ3v) is 6.70. The SMILES string of the molecule is CCOc1cc(/C=C(\C#N)C(=O)Nc2ccc(Cl)c(Cl)c2)cc(I)c1OCc1ccc(Cl)cc1Cl. The third-order valence-electron chi connectivity index (χ3n) is 4.57. The molecule has 1 N–H and O–H groups in total. The van der Waals surface area contributed by atoms with Gasteiger partial charge in [-0.15, -0.1) is 0 Å². The number of nitrogens with one attached hydrogen (secondary N) is 1. The van der Waals surface area contributed by atoms with Crippen LogP contribution in [0, 0.1) is 14.9 Å². The van der Waals surface area contributed by atoms with Crippen molar-refractivity contribution in [2.75, 3.05) is 11.9 Å². The van der Waals surface area contributed by atoms with Crippen LogP contribution in [-0.4, -0.2) is 12.5 Å². The van der Waals surface area contributed by atoms with Gasteiger partial charge in [-0.05, 0) is 83.6 Å². The molecule has 0 fully saturated rings. The highest BCUT2D eigenvalue weighted by molar-refractivity contribution is 14.1. The van der Waals surface area contributed by atoms with Gasteiger partial charge >= 0.3 is 0 Å². The van der Waals surface area contributed by atoms with Gasteiger partial charge in [0.15, 0.2) is 11.5 Å². The summed E-state index contributed by atoms with van der Waals surface area (Å²) in [4.78, 5) is 12.7. The highest BCUT2D eigenvalue weighted by Gasteiger charge is 2.16. The number of amides is 1. The fraction of sp³-hybridized carbons (Fsp3) is 0.120. The maximum Gasteiger partial charge on any atom is 0.266 e. The summed E-state index contributed by atoms with van der Waals surface area (Å²) in [5, 5.41) is 13.9. The van der Waals surface area contributed by atoms with Crippen molar-refractivity contribution >= 4 is 86.7 Å². The third kappa shape index (κ3) is 7.42. The standard InChI is InChI=1S/C25H17Cl4IN2O3/c1-2-34-23-9-14(7-16(12-31)25(33)32-18-5-6-19(27)21(29)11-18)8-22(30)24(23)35-13-15-3-4-17(26)10-20(15)28/h3-11H,2,13H2,1H3,(H,32,33)/b16-7+. The second-order valence-corrected chi connectivity index (χ2v) is 9.86. The lowest BCUT2D eigenvalue weighted by Gasteiger charge is -2.15. The summed E-state index contributed by atoms with van der Waals surface area (Å²) >= 11 is 26.2. The molecule has 3 aromatic carbocycles. The number of hydrogen-bond acceptors (Lipinski definition) is 4. The number of anilines is 1. The summed E-state index contributed by atoms with van der Waals surface area (Å²) in [5.74, 6) is 0.406. The Balaban J connectivity index is 1.85. The first-order chi connectivity index (χ1) is 16.7. The molecule has 5 nitrogen and oxygen atoms in total. The molecule has 0 aliphatic carbocycles. The summed E-state index contributed by atoms with van der Waals surface area (Å²) < 4.78 is 12.5. The average Bonchev–Trinajstić information content (AvgIpc) is 2.80. The van der Waals surface area contributed by atoms with Crippen molar-refractivity contribution < 1.29 is 14.3 Å². The summed E-state index contributed by atoms with van der Waals surface area (Å²) in [7, 11) is 0. The van der Waals surface area contributed by atoms with Gasteiger partial charge in [0.1, 0.15) is 18.2 Å². The Kier molecular flexibility index (Phi) is 9.96. The molecule has 0 radical (unpaired) electrons. The highest BCUT2D eigenvalue weighted by Crippen LogP contribution is 2.36. The number of ether oxygens (including phenoxy) is 2. The number of halogens is 5. The second kappa shape index (κ2) is 12.7. The van der Waals surface area contributed by atoms with E-state index in [4.69, 9.17) is 55.9 Å². The lowest BCUT2D eigenvalue weighted by atomic mass is 10.1. The molecule has 0 atom stereocenters. The number of hydrogen-bond donors (Lipinski definition) is 1. The molecule has 0 aromatic heterocycles. The smallest absolute Gasteiger partial charge is 0.266 e. The van der Waals surface area contributed by atoms with Crippen LogP contribution in [0.4, 0.5) is 5.69 Å². The van der Waals surface area contributed by atoms with Crippen LogP contribution in [0.2, 0.25) is 20.1 Å². The van der Waals surface area contributed by atoms with Crippen LogP contribution >= 0.6 is 69.0 Å². The predicted octanol–water partition coefficient (Wildman–Crippen LogP) is 8.43. The average molecular weight is 662 g/mol. The van der Waals surface area contributed by atoms with Gasteiger partial charge in [-0.1, -0.05) is 52.5 Å². The fourth-order valence-electron chi connectivity index (χ4n) is 2.95. The number of rotatable bonds is 8. The zero-order chi connectivity index (χ0) is 25.5. The van der Waals surface area contributed by atoms with Gasteiger partial charge in [0.2, 0.25) is 0 Å². The molecule has 3 aromatic rings. The minimum atomic E-state index is -0.587. The van der Waals surface area contributed by atoms with E-state index in [0.717, 1.165) is 9.13 Å². The lowest BCUT2D eigenvalue weighted by Crippen LogP contribution is -2.13. The zero-order valence-corrected chi connectivity index (χ0v) is 23.4. The fourth-order valence-corrected chi connectivity index (χ4v) is 4.49. The molecule has 0 aliphatic heterocycles. The van der Waals surface area contributed by atoms with Crippen molar-refractivity contribution in [3.05, 3.63) is 88.9 Å². The predicted molar refractivity (Wildman–Crippen MR) is 150 cm³/mol. The topological polar surface area (TPSA) is 71.3 Å². The molecule has 180 valence electrons. The van der Waals surface area contributed by atoms with E-state index in [1.165, 1.54) is 12.1 Å². The quantitative estimate of drug-likeness (QED) is 0.149. The molecule has 35 heavy (non-hydrogen) atoms. The minimum absolute atomic E-state index is 0.101. The minimum Gasteiger partial charge on any atom is -0.490 e. The van der Waals surface area contributed by atoms with Crippen molar-refractivity contribution in [3.8, 4) is 17.6 Å². The molecule has 10 heteroatoms. The summed E-state index contributed by atoms with van der Waals surface area (Å²) in [6.45, 7) is 2.45. The molecule has 0 saturated heterocycles. The van der Waals surface area contributed by atoms with Crippen LogP contribution in [0.1, 0.15) is 18.1 Å². The van der Waals surface area contributed by atoms with Gasteiger partial charge in [0, 0.05) is 21.3 Å².